The zero-order chi connectivity index (χ0) is 19.4. The molecule has 0 radical (unpaired) electrons. The minimum absolute atomic E-state index is 0.242. The van der Waals surface area contributed by atoms with Crippen LogP contribution >= 0.6 is 0 Å². The van der Waals surface area contributed by atoms with Crippen LogP contribution in [0.25, 0.3) is 0 Å². The summed E-state index contributed by atoms with van der Waals surface area (Å²) in [5, 5.41) is 3.34. The molecule has 2 aromatic rings. The Balaban J connectivity index is 1.72. The number of carbonyl (C=O) groups is 1. The van der Waals surface area contributed by atoms with E-state index in [1.54, 1.807) is 4.90 Å². The van der Waals surface area contributed by atoms with Crippen molar-refractivity contribution in [3.05, 3.63) is 41.1 Å². The Morgan fingerprint density at radius 1 is 1.11 bits per heavy atom. The smallest absolute Gasteiger partial charge is 0.409 e. The normalized spacial score (nSPS) is 14.2. The van der Waals surface area contributed by atoms with Gasteiger partial charge in [0, 0.05) is 43.6 Å². The van der Waals surface area contributed by atoms with Crippen LogP contribution in [0.1, 0.15) is 23.7 Å². The maximum absolute atomic E-state index is 11.9. The lowest BCUT2D eigenvalue weighted by molar-refractivity contribution is 0.105. The summed E-state index contributed by atoms with van der Waals surface area (Å²) in [7, 11) is 0. The first-order valence-electron chi connectivity index (χ1n) is 9.33. The molecule has 27 heavy (non-hydrogen) atoms. The molecule has 0 unspecified atom stereocenters. The van der Waals surface area contributed by atoms with E-state index in [0.717, 1.165) is 35.9 Å². The van der Waals surface area contributed by atoms with Crippen molar-refractivity contribution < 1.29 is 9.53 Å². The van der Waals surface area contributed by atoms with Gasteiger partial charge in [-0.3, -0.25) is 0 Å². The second-order valence-corrected chi connectivity index (χ2v) is 6.81. The van der Waals surface area contributed by atoms with Crippen molar-refractivity contribution in [1.82, 2.24) is 14.9 Å². The third kappa shape index (κ3) is 4.67. The van der Waals surface area contributed by atoms with Crippen molar-refractivity contribution in [2.75, 3.05) is 43.0 Å². The zero-order valence-electron chi connectivity index (χ0n) is 16.5. The van der Waals surface area contributed by atoms with Gasteiger partial charge >= 0.3 is 6.09 Å². The molecule has 1 amide bonds. The number of rotatable bonds is 4. The highest BCUT2D eigenvalue weighted by molar-refractivity contribution is 5.68. The van der Waals surface area contributed by atoms with Gasteiger partial charge in [0.15, 0.2) is 0 Å². The Morgan fingerprint density at radius 3 is 2.56 bits per heavy atom. The molecular formula is C20H27N5O2. The van der Waals surface area contributed by atoms with Crippen LogP contribution in [0.2, 0.25) is 0 Å². The molecular weight excluding hydrogens is 342 g/mol. The molecule has 1 aromatic heterocycles. The molecule has 2 heterocycles. The molecule has 7 heteroatoms. The lowest BCUT2D eigenvalue weighted by Crippen LogP contribution is -2.49. The van der Waals surface area contributed by atoms with Gasteiger partial charge in [0.05, 0.1) is 6.61 Å². The Bertz CT molecular complexity index is 816. The van der Waals surface area contributed by atoms with E-state index in [0.29, 0.717) is 25.6 Å². The SMILES string of the molecule is CCOC(=O)N1CCN(c2cc(C)nc(Nc3cc(C)ccc3C)n2)CC1. The number of benzene rings is 1. The molecule has 1 fully saturated rings. The molecule has 0 aliphatic carbocycles. The van der Waals surface area contributed by atoms with Gasteiger partial charge in [-0.2, -0.15) is 4.98 Å². The van der Waals surface area contributed by atoms with Crippen molar-refractivity contribution in [3.8, 4) is 0 Å². The van der Waals surface area contributed by atoms with Crippen LogP contribution in [-0.4, -0.2) is 53.7 Å². The first kappa shape index (κ1) is 18.9. The molecule has 1 saturated heterocycles. The summed E-state index contributed by atoms with van der Waals surface area (Å²) in [5.41, 5.74) is 4.25. The highest BCUT2D eigenvalue weighted by atomic mass is 16.6. The van der Waals surface area contributed by atoms with Gasteiger partial charge < -0.3 is 19.9 Å². The number of hydrogen-bond donors (Lipinski definition) is 1. The predicted octanol–water partition coefficient (Wildman–Crippen LogP) is 3.42. The number of aryl methyl sites for hydroxylation is 3. The third-order valence-electron chi connectivity index (χ3n) is 4.61. The molecule has 144 valence electrons. The molecule has 0 bridgehead atoms. The minimum atomic E-state index is -0.242. The number of amides is 1. The van der Waals surface area contributed by atoms with Crippen molar-refractivity contribution in [2.24, 2.45) is 0 Å². The summed E-state index contributed by atoms with van der Waals surface area (Å²) in [5.74, 6) is 1.46. The zero-order valence-corrected chi connectivity index (χ0v) is 16.5. The van der Waals surface area contributed by atoms with Crippen LogP contribution in [0.3, 0.4) is 0 Å². The summed E-state index contributed by atoms with van der Waals surface area (Å²) in [6.45, 7) is 11.0. The summed E-state index contributed by atoms with van der Waals surface area (Å²) < 4.78 is 5.08. The van der Waals surface area contributed by atoms with Gasteiger partial charge in [0.1, 0.15) is 5.82 Å². The molecule has 0 saturated carbocycles. The van der Waals surface area contributed by atoms with Crippen LogP contribution in [-0.2, 0) is 4.74 Å². The number of piperazine rings is 1. The van der Waals surface area contributed by atoms with Crippen LogP contribution in [0, 0.1) is 20.8 Å². The molecule has 3 rings (SSSR count). The van der Waals surface area contributed by atoms with E-state index in [-0.39, 0.29) is 6.09 Å². The quantitative estimate of drug-likeness (QED) is 0.890. The van der Waals surface area contributed by atoms with E-state index >= 15 is 0 Å². The van der Waals surface area contributed by atoms with Gasteiger partial charge in [0.2, 0.25) is 5.95 Å². The van der Waals surface area contributed by atoms with Gasteiger partial charge in [-0.15, -0.1) is 0 Å². The number of ether oxygens (including phenoxy) is 1. The van der Waals surface area contributed by atoms with Crippen LogP contribution < -0.4 is 10.2 Å². The Morgan fingerprint density at radius 2 is 1.85 bits per heavy atom. The standard InChI is InChI=1S/C20H27N5O2/c1-5-27-20(26)25-10-8-24(9-11-25)18-13-16(4)21-19(23-18)22-17-12-14(2)6-7-15(17)3/h6-7,12-13H,5,8-11H2,1-4H3,(H,21,22,23). The Kier molecular flexibility index (Phi) is 5.78. The van der Waals surface area contributed by atoms with Crippen molar-refractivity contribution in [1.29, 1.82) is 0 Å². The third-order valence-corrected chi connectivity index (χ3v) is 4.61. The average Bonchev–Trinajstić information content (AvgIpc) is 2.64. The van der Waals surface area contributed by atoms with E-state index in [9.17, 15) is 4.79 Å². The van der Waals surface area contributed by atoms with Crippen molar-refractivity contribution >= 4 is 23.5 Å². The summed E-state index contributed by atoms with van der Waals surface area (Å²) in [6.07, 6.45) is -0.242. The molecule has 0 atom stereocenters. The van der Waals surface area contributed by atoms with E-state index in [4.69, 9.17) is 9.72 Å². The molecule has 1 aliphatic heterocycles. The number of anilines is 3. The monoisotopic (exact) mass is 369 g/mol. The van der Waals surface area contributed by atoms with Gasteiger partial charge in [-0.05, 0) is 44.9 Å². The lowest BCUT2D eigenvalue weighted by Gasteiger charge is -2.34. The fourth-order valence-electron chi connectivity index (χ4n) is 3.09. The molecule has 0 spiro atoms. The lowest BCUT2D eigenvalue weighted by atomic mass is 10.1. The fourth-order valence-corrected chi connectivity index (χ4v) is 3.09. The average molecular weight is 369 g/mol. The number of hydrogen-bond acceptors (Lipinski definition) is 6. The topological polar surface area (TPSA) is 70.6 Å². The molecule has 1 aromatic carbocycles. The van der Waals surface area contributed by atoms with Gasteiger partial charge in [0.25, 0.3) is 0 Å². The van der Waals surface area contributed by atoms with Crippen LogP contribution in [0.15, 0.2) is 24.3 Å². The van der Waals surface area contributed by atoms with E-state index < -0.39 is 0 Å². The van der Waals surface area contributed by atoms with E-state index in [1.165, 1.54) is 5.56 Å². The second kappa shape index (κ2) is 8.24. The van der Waals surface area contributed by atoms with Crippen LogP contribution in [0.5, 0.6) is 0 Å². The molecule has 1 aliphatic rings. The maximum Gasteiger partial charge on any atom is 0.409 e. The largest absolute Gasteiger partial charge is 0.450 e. The second-order valence-electron chi connectivity index (χ2n) is 6.81. The molecule has 7 nitrogen and oxygen atoms in total. The summed E-state index contributed by atoms with van der Waals surface area (Å²) in [6, 6.07) is 8.25. The predicted molar refractivity (Wildman–Crippen MR) is 107 cm³/mol. The maximum atomic E-state index is 11.9. The molecule has 1 N–H and O–H groups in total. The first-order chi connectivity index (χ1) is 13.0. The Labute approximate surface area is 160 Å². The summed E-state index contributed by atoms with van der Waals surface area (Å²) in [4.78, 5) is 25.0. The van der Waals surface area contributed by atoms with E-state index in [1.807, 2.05) is 19.9 Å². The van der Waals surface area contributed by atoms with Crippen molar-refractivity contribution in [3.63, 3.8) is 0 Å². The summed E-state index contributed by atoms with van der Waals surface area (Å²) >= 11 is 0. The highest BCUT2D eigenvalue weighted by Gasteiger charge is 2.23. The first-order valence-corrected chi connectivity index (χ1v) is 9.33. The Hall–Kier alpha value is -2.83. The number of nitrogens with zero attached hydrogens (tertiary/aromatic N) is 4. The number of carbonyl (C=O) groups excluding carboxylic acids is 1. The number of aromatic nitrogens is 2. The number of nitrogens with one attached hydrogen (secondary N) is 1. The van der Waals surface area contributed by atoms with Gasteiger partial charge in [-0.1, -0.05) is 12.1 Å². The minimum Gasteiger partial charge on any atom is -0.450 e. The highest BCUT2D eigenvalue weighted by Crippen LogP contribution is 2.22. The van der Waals surface area contributed by atoms with E-state index in [2.05, 4.69) is 47.2 Å². The fraction of sp³-hybridized carbons (Fsp3) is 0.450. The van der Waals surface area contributed by atoms with Crippen LogP contribution in [0.4, 0.5) is 22.2 Å². The van der Waals surface area contributed by atoms with Crippen molar-refractivity contribution in [2.45, 2.75) is 27.7 Å². The van der Waals surface area contributed by atoms with Gasteiger partial charge in [-0.25, -0.2) is 9.78 Å².